The third kappa shape index (κ3) is 3.29. The molecule has 0 saturated carbocycles. The Hall–Kier alpha value is -0.940. The summed E-state index contributed by atoms with van der Waals surface area (Å²) in [7, 11) is 0. The minimum Gasteiger partial charge on any atom is -0.379 e. The Kier molecular flexibility index (Phi) is 4.72. The van der Waals surface area contributed by atoms with E-state index in [2.05, 4.69) is 40.4 Å². The Balaban J connectivity index is 1.94. The lowest BCUT2D eigenvalue weighted by Gasteiger charge is -2.26. The van der Waals surface area contributed by atoms with Crippen LogP contribution in [0.1, 0.15) is 38.3 Å². The monoisotopic (exact) mass is 252 g/mol. The molecule has 0 spiro atoms. The Morgan fingerprint density at radius 2 is 1.94 bits per heavy atom. The van der Waals surface area contributed by atoms with Gasteiger partial charge in [0, 0.05) is 32.0 Å². The van der Waals surface area contributed by atoms with E-state index in [1.807, 2.05) is 0 Å². The highest BCUT2D eigenvalue weighted by atomic mass is 16.5. The highest BCUT2D eigenvalue weighted by molar-refractivity contribution is 4.97. The highest BCUT2D eigenvalue weighted by Gasteiger charge is 2.14. The number of hydrogen-bond donors (Lipinski definition) is 0. The topological polar surface area (TPSA) is 43.2 Å². The molecule has 0 atom stereocenters. The van der Waals surface area contributed by atoms with Crippen molar-refractivity contribution in [3.8, 4) is 0 Å². The van der Waals surface area contributed by atoms with Crippen LogP contribution in [0.3, 0.4) is 0 Å². The summed E-state index contributed by atoms with van der Waals surface area (Å²) in [6.45, 7) is 12.2. The molecule has 5 heteroatoms. The van der Waals surface area contributed by atoms with E-state index in [4.69, 9.17) is 4.74 Å². The predicted octanol–water partition coefficient (Wildman–Crippen LogP) is 1.30. The van der Waals surface area contributed by atoms with Gasteiger partial charge in [0.1, 0.15) is 5.82 Å². The van der Waals surface area contributed by atoms with Crippen LogP contribution in [0, 0.1) is 0 Å². The molecule has 0 aromatic carbocycles. The maximum Gasteiger partial charge on any atom is 0.153 e. The van der Waals surface area contributed by atoms with Crippen molar-refractivity contribution >= 4 is 0 Å². The van der Waals surface area contributed by atoms with Gasteiger partial charge in [-0.1, -0.05) is 20.8 Å². The third-order valence-corrected chi connectivity index (χ3v) is 3.33. The highest BCUT2D eigenvalue weighted by Crippen LogP contribution is 2.10. The molecule has 2 rings (SSSR count). The van der Waals surface area contributed by atoms with Crippen molar-refractivity contribution < 1.29 is 4.74 Å². The Labute approximate surface area is 109 Å². The van der Waals surface area contributed by atoms with Crippen LogP contribution in [0.2, 0.25) is 0 Å². The number of aryl methyl sites for hydroxylation is 1. The molecule has 102 valence electrons. The first-order valence-corrected chi connectivity index (χ1v) is 6.94. The second kappa shape index (κ2) is 6.29. The van der Waals surface area contributed by atoms with Crippen molar-refractivity contribution in [3.05, 3.63) is 11.6 Å². The molecule has 1 fully saturated rings. The van der Waals surface area contributed by atoms with Crippen LogP contribution >= 0.6 is 0 Å². The minimum atomic E-state index is 0.403. The largest absolute Gasteiger partial charge is 0.379 e. The first kappa shape index (κ1) is 13.5. The molecule has 5 nitrogen and oxygen atoms in total. The summed E-state index contributed by atoms with van der Waals surface area (Å²) in [5.41, 5.74) is 0. The fraction of sp³-hybridized carbons (Fsp3) is 0.846. The molecule has 0 aliphatic carbocycles. The van der Waals surface area contributed by atoms with Gasteiger partial charge in [-0.25, -0.2) is 9.67 Å². The van der Waals surface area contributed by atoms with E-state index >= 15 is 0 Å². The van der Waals surface area contributed by atoms with Crippen molar-refractivity contribution in [2.45, 2.75) is 39.7 Å². The summed E-state index contributed by atoms with van der Waals surface area (Å²) in [6, 6.07) is 0. The average molecular weight is 252 g/mol. The Morgan fingerprint density at radius 3 is 2.56 bits per heavy atom. The van der Waals surface area contributed by atoms with E-state index in [-0.39, 0.29) is 0 Å². The van der Waals surface area contributed by atoms with Crippen molar-refractivity contribution in [2.24, 2.45) is 0 Å². The maximum absolute atomic E-state index is 5.36. The molecular formula is C13H24N4O. The van der Waals surface area contributed by atoms with E-state index < -0.39 is 0 Å². The van der Waals surface area contributed by atoms with Crippen molar-refractivity contribution in [1.29, 1.82) is 0 Å². The molecule has 0 bridgehead atoms. The number of morpholine rings is 1. The smallest absolute Gasteiger partial charge is 0.153 e. The summed E-state index contributed by atoms with van der Waals surface area (Å²) >= 11 is 0. The van der Waals surface area contributed by atoms with Gasteiger partial charge < -0.3 is 4.74 Å². The molecule has 1 aromatic heterocycles. The summed E-state index contributed by atoms with van der Waals surface area (Å²) in [5, 5.41) is 4.61. The molecule has 1 saturated heterocycles. The van der Waals surface area contributed by atoms with E-state index in [0.29, 0.717) is 5.92 Å². The van der Waals surface area contributed by atoms with Gasteiger partial charge in [0.05, 0.1) is 19.8 Å². The van der Waals surface area contributed by atoms with E-state index in [1.54, 1.807) is 0 Å². The van der Waals surface area contributed by atoms with Gasteiger partial charge in [-0.05, 0) is 0 Å². The van der Waals surface area contributed by atoms with Crippen molar-refractivity contribution in [2.75, 3.05) is 32.8 Å². The predicted molar refractivity (Wildman–Crippen MR) is 70.7 cm³/mol. The number of hydrogen-bond acceptors (Lipinski definition) is 4. The van der Waals surface area contributed by atoms with Crippen LogP contribution in [0.15, 0.2) is 0 Å². The molecule has 1 aliphatic rings. The molecule has 18 heavy (non-hydrogen) atoms. The average Bonchev–Trinajstić information content (AvgIpc) is 2.81. The lowest BCUT2D eigenvalue weighted by Crippen LogP contribution is -2.38. The number of aromatic nitrogens is 3. The SMILES string of the molecule is CCc1nc(C(C)C)nn1CCN1CCOCC1. The summed E-state index contributed by atoms with van der Waals surface area (Å²) in [6.07, 6.45) is 0.947. The molecular weight excluding hydrogens is 228 g/mol. The van der Waals surface area contributed by atoms with Crippen molar-refractivity contribution in [1.82, 2.24) is 19.7 Å². The van der Waals surface area contributed by atoms with Gasteiger partial charge in [0.2, 0.25) is 0 Å². The van der Waals surface area contributed by atoms with Gasteiger partial charge >= 0.3 is 0 Å². The lowest BCUT2D eigenvalue weighted by molar-refractivity contribution is 0.0358. The summed E-state index contributed by atoms with van der Waals surface area (Å²) < 4.78 is 7.43. The lowest BCUT2D eigenvalue weighted by atomic mass is 10.2. The standard InChI is InChI=1S/C13H24N4O/c1-4-12-14-13(11(2)3)15-17(12)6-5-16-7-9-18-10-8-16/h11H,4-10H2,1-3H3. The molecule has 1 aliphatic heterocycles. The molecule has 2 heterocycles. The van der Waals surface area contributed by atoms with Crippen LogP contribution in [0.25, 0.3) is 0 Å². The molecule has 0 N–H and O–H groups in total. The van der Waals surface area contributed by atoms with Crippen molar-refractivity contribution in [3.63, 3.8) is 0 Å². The second-order valence-corrected chi connectivity index (χ2v) is 5.07. The van der Waals surface area contributed by atoms with E-state index in [0.717, 1.165) is 57.5 Å². The fourth-order valence-electron chi connectivity index (χ4n) is 2.14. The van der Waals surface area contributed by atoms with Crippen LogP contribution in [0.4, 0.5) is 0 Å². The number of nitrogens with zero attached hydrogens (tertiary/aromatic N) is 4. The zero-order chi connectivity index (χ0) is 13.0. The maximum atomic E-state index is 5.36. The van der Waals surface area contributed by atoms with Gasteiger partial charge in [0.15, 0.2) is 5.82 Å². The summed E-state index contributed by atoms with van der Waals surface area (Å²) in [4.78, 5) is 7.03. The first-order chi connectivity index (χ1) is 8.70. The second-order valence-electron chi connectivity index (χ2n) is 5.07. The Bertz CT molecular complexity index is 369. The quantitative estimate of drug-likeness (QED) is 0.792. The van der Waals surface area contributed by atoms with Gasteiger partial charge in [-0.2, -0.15) is 5.10 Å². The third-order valence-electron chi connectivity index (χ3n) is 3.33. The van der Waals surface area contributed by atoms with E-state index in [1.165, 1.54) is 0 Å². The molecule has 0 amide bonds. The number of rotatable bonds is 5. The molecule has 1 aromatic rings. The van der Waals surface area contributed by atoms with Gasteiger partial charge in [0.25, 0.3) is 0 Å². The van der Waals surface area contributed by atoms with E-state index in [9.17, 15) is 0 Å². The first-order valence-electron chi connectivity index (χ1n) is 6.94. The fourth-order valence-corrected chi connectivity index (χ4v) is 2.14. The minimum absolute atomic E-state index is 0.403. The Morgan fingerprint density at radius 1 is 1.22 bits per heavy atom. The van der Waals surface area contributed by atoms with Crippen LogP contribution in [-0.2, 0) is 17.7 Å². The van der Waals surface area contributed by atoms with Crippen LogP contribution < -0.4 is 0 Å². The zero-order valence-electron chi connectivity index (χ0n) is 11.7. The van der Waals surface area contributed by atoms with Gasteiger partial charge in [-0.3, -0.25) is 4.90 Å². The number of ether oxygens (including phenoxy) is 1. The van der Waals surface area contributed by atoms with Crippen LogP contribution in [0.5, 0.6) is 0 Å². The molecule has 0 unspecified atom stereocenters. The normalized spacial score (nSPS) is 17.6. The van der Waals surface area contributed by atoms with Crippen LogP contribution in [-0.4, -0.2) is 52.5 Å². The van der Waals surface area contributed by atoms with Gasteiger partial charge in [-0.15, -0.1) is 0 Å². The zero-order valence-corrected chi connectivity index (χ0v) is 11.7. The molecule has 0 radical (unpaired) electrons. The summed E-state index contributed by atoms with van der Waals surface area (Å²) in [5.74, 6) is 2.47.